The van der Waals surface area contributed by atoms with Gasteiger partial charge in [0.1, 0.15) is 0 Å². The summed E-state index contributed by atoms with van der Waals surface area (Å²) in [6.07, 6.45) is 0.826. The summed E-state index contributed by atoms with van der Waals surface area (Å²) in [7, 11) is 1.97. The highest BCUT2D eigenvalue weighted by Gasteiger charge is 2.16. The molecule has 1 N–H and O–H groups in total. The van der Waals surface area contributed by atoms with Gasteiger partial charge in [-0.2, -0.15) is 0 Å². The lowest BCUT2D eigenvalue weighted by Crippen LogP contribution is -2.19. The normalized spacial score (nSPS) is 15.0. The maximum absolute atomic E-state index is 6.28. The van der Waals surface area contributed by atoms with Crippen molar-refractivity contribution in [1.29, 1.82) is 0 Å². The molecule has 0 amide bonds. The van der Waals surface area contributed by atoms with Gasteiger partial charge in [0.15, 0.2) is 0 Å². The molecule has 110 valence electrons. The largest absolute Gasteiger partial charge is 0.372 e. The molecule has 4 heteroatoms. The second kappa shape index (κ2) is 6.37. The molecule has 0 saturated carbocycles. The Labute approximate surface area is 135 Å². The topological polar surface area (TPSA) is 21.3 Å². The molecule has 0 radical (unpaired) electrons. The van der Waals surface area contributed by atoms with Crippen LogP contribution < -0.4 is 5.32 Å². The zero-order chi connectivity index (χ0) is 14.8. The number of hydrogen-bond donors (Lipinski definition) is 1. The van der Waals surface area contributed by atoms with Gasteiger partial charge in [0, 0.05) is 16.1 Å². The number of hydrogen-bond acceptors (Lipinski definition) is 2. The molecule has 21 heavy (non-hydrogen) atoms. The first-order valence-electron chi connectivity index (χ1n) is 6.98. The smallest absolute Gasteiger partial charge is 0.0725 e. The lowest BCUT2D eigenvalue weighted by molar-refractivity contribution is 0.134. The molecule has 0 aliphatic carbocycles. The summed E-state index contributed by atoms with van der Waals surface area (Å²) >= 11 is 12.2. The van der Waals surface area contributed by atoms with E-state index < -0.39 is 0 Å². The SMILES string of the molecule is CNC(Cc1ccc(Cl)cc1Cl)c1ccc2c(c1)COC2. The number of benzene rings is 2. The van der Waals surface area contributed by atoms with E-state index in [1.54, 1.807) is 6.07 Å². The zero-order valence-corrected chi connectivity index (χ0v) is 13.3. The van der Waals surface area contributed by atoms with Crippen molar-refractivity contribution in [2.24, 2.45) is 0 Å². The fraction of sp³-hybridized carbons (Fsp3) is 0.294. The predicted molar refractivity (Wildman–Crippen MR) is 86.9 cm³/mol. The maximum Gasteiger partial charge on any atom is 0.0725 e. The Morgan fingerprint density at radius 1 is 1.10 bits per heavy atom. The van der Waals surface area contributed by atoms with Crippen molar-refractivity contribution in [2.45, 2.75) is 25.7 Å². The van der Waals surface area contributed by atoms with Crippen LogP contribution in [0.4, 0.5) is 0 Å². The highest BCUT2D eigenvalue weighted by atomic mass is 35.5. The molecule has 0 fully saturated rings. The molecule has 1 atom stereocenters. The van der Waals surface area contributed by atoms with Gasteiger partial charge in [-0.25, -0.2) is 0 Å². The summed E-state index contributed by atoms with van der Waals surface area (Å²) in [6.45, 7) is 1.43. The second-order valence-corrected chi connectivity index (χ2v) is 6.15. The van der Waals surface area contributed by atoms with E-state index in [1.807, 2.05) is 19.2 Å². The summed E-state index contributed by atoms with van der Waals surface area (Å²) in [6, 6.07) is 12.4. The third kappa shape index (κ3) is 3.24. The second-order valence-electron chi connectivity index (χ2n) is 5.30. The summed E-state index contributed by atoms with van der Waals surface area (Å²) in [5.41, 5.74) is 4.93. The van der Waals surface area contributed by atoms with Gasteiger partial charge in [0.05, 0.1) is 13.2 Å². The van der Waals surface area contributed by atoms with E-state index in [9.17, 15) is 0 Å². The van der Waals surface area contributed by atoms with Crippen LogP contribution in [-0.2, 0) is 24.4 Å². The van der Waals surface area contributed by atoms with E-state index in [1.165, 1.54) is 16.7 Å². The van der Waals surface area contributed by atoms with Crippen LogP contribution in [0, 0.1) is 0 Å². The van der Waals surface area contributed by atoms with Gasteiger partial charge in [-0.15, -0.1) is 0 Å². The Morgan fingerprint density at radius 2 is 1.90 bits per heavy atom. The van der Waals surface area contributed by atoms with Crippen LogP contribution in [0.3, 0.4) is 0 Å². The first-order valence-corrected chi connectivity index (χ1v) is 7.73. The molecule has 3 rings (SSSR count). The lowest BCUT2D eigenvalue weighted by atomic mass is 9.96. The van der Waals surface area contributed by atoms with Gasteiger partial charge in [0.2, 0.25) is 0 Å². The number of halogens is 2. The predicted octanol–water partition coefficient (Wildman–Crippen LogP) is 4.53. The minimum atomic E-state index is 0.217. The summed E-state index contributed by atoms with van der Waals surface area (Å²) < 4.78 is 5.48. The molecule has 1 unspecified atom stereocenters. The fourth-order valence-electron chi connectivity index (χ4n) is 2.70. The summed E-state index contributed by atoms with van der Waals surface area (Å²) in [4.78, 5) is 0. The minimum Gasteiger partial charge on any atom is -0.372 e. The Morgan fingerprint density at radius 3 is 2.67 bits per heavy atom. The Hall–Kier alpha value is -1.06. The Bertz CT molecular complexity index is 657. The highest BCUT2D eigenvalue weighted by molar-refractivity contribution is 6.35. The number of ether oxygens (including phenoxy) is 1. The molecule has 1 aliphatic rings. The number of rotatable bonds is 4. The lowest BCUT2D eigenvalue weighted by Gasteiger charge is -2.18. The van der Waals surface area contributed by atoms with E-state index in [0.717, 1.165) is 18.6 Å². The Balaban J connectivity index is 1.85. The monoisotopic (exact) mass is 321 g/mol. The van der Waals surface area contributed by atoms with E-state index in [0.29, 0.717) is 16.7 Å². The average molecular weight is 322 g/mol. The van der Waals surface area contributed by atoms with Gasteiger partial charge in [-0.1, -0.05) is 47.5 Å². The van der Waals surface area contributed by atoms with Crippen LogP contribution in [0.2, 0.25) is 10.0 Å². The summed E-state index contributed by atoms with van der Waals surface area (Å²) in [5.74, 6) is 0. The first-order chi connectivity index (χ1) is 10.2. The zero-order valence-electron chi connectivity index (χ0n) is 11.8. The first kappa shape index (κ1) is 14.9. The summed E-state index contributed by atoms with van der Waals surface area (Å²) in [5, 5.41) is 4.75. The average Bonchev–Trinajstić information content (AvgIpc) is 2.94. The Kier molecular flexibility index (Phi) is 4.51. The molecule has 0 saturated heterocycles. The van der Waals surface area contributed by atoms with Crippen molar-refractivity contribution in [1.82, 2.24) is 5.32 Å². The molecule has 1 aliphatic heterocycles. The van der Waals surface area contributed by atoms with Crippen LogP contribution in [0.25, 0.3) is 0 Å². The third-order valence-electron chi connectivity index (χ3n) is 3.94. The van der Waals surface area contributed by atoms with Crippen molar-refractivity contribution in [3.8, 4) is 0 Å². The van der Waals surface area contributed by atoms with E-state index in [4.69, 9.17) is 27.9 Å². The van der Waals surface area contributed by atoms with Crippen LogP contribution in [0.15, 0.2) is 36.4 Å². The quantitative estimate of drug-likeness (QED) is 0.893. The standard InChI is InChI=1S/C17H17Cl2NO/c1-20-17(7-11-4-5-15(18)8-16(11)19)12-2-3-13-9-21-10-14(13)6-12/h2-6,8,17,20H,7,9-10H2,1H3. The molecule has 2 aromatic rings. The molecule has 2 nitrogen and oxygen atoms in total. The van der Waals surface area contributed by atoms with Gasteiger partial charge in [-0.3, -0.25) is 0 Å². The van der Waals surface area contributed by atoms with Gasteiger partial charge in [0.25, 0.3) is 0 Å². The molecular formula is C17H17Cl2NO. The molecule has 0 spiro atoms. The van der Waals surface area contributed by atoms with Crippen LogP contribution in [-0.4, -0.2) is 7.05 Å². The van der Waals surface area contributed by atoms with Crippen LogP contribution in [0.5, 0.6) is 0 Å². The van der Waals surface area contributed by atoms with Crippen molar-refractivity contribution in [2.75, 3.05) is 7.05 Å². The molecule has 0 bridgehead atoms. The van der Waals surface area contributed by atoms with Gasteiger partial charge in [-0.05, 0) is 47.9 Å². The number of likely N-dealkylation sites (N-methyl/N-ethyl adjacent to an activating group) is 1. The van der Waals surface area contributed by atoms with Gasteiger partial charge >= 0.3 is 0 Å². The van der Waals surface area contributed by atoms with Gasteiger partial charge < -0.3 is 10.1 Å². The van der Waals surface area contributed by atoms with Crippen LogP contribution >= 0.6 is 23.2 Å². The molecule has 0 aromatic heterocycles. The van der Waals surface area contributed by atoms with Crippen molar-refractivity contribution < 1.29 is 4.74 Å². The fourth-order valence-corrected chi connectivity index (χ4v) is 3.19. The number of fused-ring (bicyclic) bond motifs is 1. The molecule has 1 heterocycles. The minimum absolute atomic E-state index is 0.217. The number of nitrogens with one attached hydrogen (secondary N) is 1. The van der Waals surface area contributed by atoms with E-state index in [2.05, 4.69) is 23.5 Å². The highest BCUT2D eigenvalue weighted by Crippen LogP contribution is 2.28. The van der Waals surface area contributed by atoms with Crippen molar-refractivity contribution >= 4 is 23.2 Å². The molecule has 2 aromatic carbocycles. The van der Waals surface area contributed by atoms with E-state index >= 15 is 0 Å². The van der Waals surface area contributed by atoms with Crippen molar-refractivity contribution in [3.05, 3.63) is 68.7 Å². The van der Waals surface area contributed by atoms with Crippen LogP contribution in [0.1, 0.15) is 28.3 Å². The van der Waals surface area contributed by atoms with E-state index in [-0.39, 0.29) is 6.04 Å². The third-order valence-corrected chi connectivity index (χ3v) is 4.52. The maximum atomic E-state index is 6.28. The molecular weight excluding hydrogens is 305 g/mol. The van der Waals surface area contributed by atoms with Crippen molar-refractivity contribution in [3.63, 3.8) is 0 Å².